The van der Waals surface area contributed by atoms with Gasteiger partial charge in [-0.1, -0.05) is 26.0 Å². The first-order valence-corrected chi connectivity index (χ1v) is 10.3. The molecular weight excluding hydrogens is 366 g/mol. The molecule has 6 heteroatoms. The predicted octanol–water partition coefficient (Wildman–Crippen LogP) is 3.43. The zero-order valence-corrected chi connectivity index (χ0v) is 17.8. The van der Waals surface area contributed by atoms with Crippen molar-refractivity contribution in [2.75, 3.05) is 31.2 Å². The molecular formula is C23H31N3O3. The molecule has 1 saturated heterocycles. The Morgan fingerprint density at radius 3 is 2.59 bits per heavy atom. The number of anilines is 1. The van der Waals surface area contributed by atoms with Gasteiger partial charge in [0.25, 0.3) is 5.91 Å². The summed E-state index contributed by atoms with van der Waals surface area (Å²) in [5.41, 5.74) is 3.43. The lowest BCUT2D eigenvalue weighted by Crippen LogP contribution is -2.37. The minimum atomic E-state index is -0.570. The van der Waals surface area contributed by atoms with Crippen molar-refractivity contribution >= 4 is 11.7 Å². The van der Waals surface area contributed by atoms with Crippen LogP contribution in [0, 0.1) is 6.92 Å². The number of hydrogen-bond donors (Lipinski definition) is 1. The average Bonchev–Trinajstić information content (AvgIpc) is 2.72. The fraction of sp³-hybridized carbons (Fsp3) is 0.478. The van der Waals surface area contributed by atoms with Gasteiger partial charge < -0.3 is 19.7 Å². The van der Waals surface area contributed by atoms with E-state index in [1.807, 2.05) is 30.5 Å². The van der Waals surface area contributed by atoms with Crippen molar-refractivity contribution in [3.63, 3.8) is 0 Å². The van der Waals surface area contributed by atoms with Gasteiger partial charge in [0.2, 0.25) is 0 Å². The average molecular weight is 398 g/mol. The number of hydrogen-bond acceptors (Lipinski definition) is 5. The molecule has 2 aromatic rings. The Balaban J connectivity index is 1.50. The van der Waals surface area contributed by atoms with Crippen molar-refractivity contribution in [2.24, 2.45) is 0 Å². The fourth-order valence-electron chi connectivity index (χ4n) is 3.46. The maximum atomic E-state index is 12.4. The smallest absolute Gasteiger partial charge is 0.261 e. The monoisotopic (exact) mass is 397 g/mol. The van der Waals surface area contributed by atoms with E-state index in [2.05, 4.69) is 42.0 Å². The van der Waals surface area contributed by atoms with Crippen LogP contribution >= 0.6 is 0 Å². The minimum Gasteiger partial charge on any atom is -0.481 e. The highest BCUT2D eigenvalue weighted by Crippen LogP contribution is 2.24. The molecule has 29 heavy (non-hydrogen) atoms. The third-order valence-corrected chi connectivity index (χ3v) is 5.16. The van der Waals surface area contributed by atoms with Gasteiger partial charge in [-0.3, -0.25) is 4.79 Å². The summed E-state index contributed by atoms with van der Waals surface area (Å²) in [6.07, 6.45) is 1.24. The van der Waals surface area contributed by atoms with Gasteiger partial charge in [0, 0.05) is 25.8 Å². The van der Waals surface area contributed by atoms with Gasteiger partial charge in [-0.15, -0.1) is 0 Å². The SMILES string of the molecule is Cc1cc(O[C@@H](C)C(=O)NCc2ccc(N3CCOCC3)nc2)ccc1C(C)C. The number of morpholine rings is 1. The van der Waals surface area contributed by atoms with Crippen LogP contribution in [0.2, 0.25) is 0 Å². The van der Waals surface area contributed by atoms with Crippen LogP contribution in [0.15, 0.2) is 36.5 Å². The van der Waals surface area contributed by atoms with Crippen molar-refractivity contribution in [2.45, 2.75) is 46.3 Å². The maximum absolute atomic E-state index is 12.4. The summed E-state index contributed by atoms with van der Waals surface area (Å²) in [7, 11) is 0. The first-order chi connectivity index (χ1) is 13.9. The molecule has 1 aliphatic rings. The van der Waals surface area contributed by atoms with Crippen LogP contribution in [0.4, 0.5) is 5.82 Å². The Labute approximate surface area is 173 Å². The zero-order valence-electron chi connectivity index (χ0n) is 17.8. The lowest BCUT2D eigenvalue weighted by Gasteiger charge is -2.27. The van der Waals surface area contributed by atoms with Gasteiger partial charge in [-0.2, -0.15) is 0 Å². The number of nitrogens with one attached hydrogen (secondary N) is 1. The van der Waals surface area contributed by atoms with E-state index in [1.165, 1.54) is 11.1 Å². The Hall–Kier alpha value is -2.60. The van der Waals surface area contributed by atoms with E-state index in [-0.39, 0.29) is 5.91 Å². The summed E-state index contributed by atoms with van der Waals surface area (Å²) in [6, 6.07) is 9.98. The first kappa shape index (κ1) is 21.1. The Morgan fingerprint density at radius 2 is 1.97 bits per heavy atom. The van der Waals surface area contributed by atoms with Crippen molar-refractivity contribution in [1.82, 2.24) is 10.3 Å². The lowest BCUT2D eigenvalue weighted by atomic mass is 9.98. The Morgan fingerprint density at radius 1 is 1.21 bits per heavy atom. The molecule has 1 aromatic carbocycles. The van der Waals surface area contributed by atoms with Gasteiger partial charge in [0.05, 0.1) is 13.2 Å². The summed E-state index contributed by atoms with van der Waals surface area (Å²) in [5, 5.41) is 2.92. The van der Waals surface area contributed by atoms with Gasteiger partial charge in [-0.05, 0) is 54.7 Å². The standard InChI is InChI=1S/C23H31N3O3/c1-16(2)21-7-6-20(13-17(21)3)29-18(4)23(27)25-15-19-5-8-22(24-14-19)26-9-11-28-12-10-26/h5-8,13-14,16,18H,9-12,15H2,1-4H3,(H,25,27)/t18-/m0/s1. The second kappa shape index (κ2) is 9.74. The van der Waals surface area contributed by atoms with E-state index in [4.69, 9.17) is 9.47 Å². The van der Waals surface area contributed by atoms with Crippen molar-refractivity contribution in [1.29, 1.82) is 0 Å². The molecule has 6 nitrogen and oxygen atoms in total. The second-order valence-electron chi connectivity index (χ2n) is 7.78. The summed E-state index contributed by atoms with van der Waals surface area (Å²) in [4.78, 5) is 19.1. The number of carbonyl (C=O) groups is 1. The van der Waals surface area contributed by atoms with E-state index in [9.17, 15) is 4.79 Å². The quantitative estimate of drug-likeness (QED) is 0.775. The number of carbonyl (C=O) groups excluding carboxylic acids is 1. The van der Waals surface area contributed by atoms with E-state index in [0.717, 1.165) is 37.7 Å². The molecule has 3 rings (SSSR count). The van der Waals surface area contributed by atoms with Crippen LogP contribution in [0.5, 0.6) is 5.75 Å². The van der Waals surface area contributed by atoms with E-state index < -0.39 is 6.10 Å². The number of ether oxygens (including phenoxy) is 2. The third kappa shape index (κ3) is 5.70. The minimum absolute atomic E-state index is 0.146. The summed E-state index contributed by atoms with van der Waals surface area (Å²) < 4.78 is 11.2. The Bertz CT molecular complexity index is 815. The second-order valence-corrected chi connectivity index (χ2v) is 7.78. The molecule has 1 aromatic heterocycles. The largest absolute Gasteiger partial charge is 0.481 e. The lowest BCUT2D eigenvalue weighted by molar-refractivity contribution is -0.127. The topological polar surface area (TPSA) is 63.7 Å². The number of aryl methyl sites for hydroxylation is 1. The van der Waals surface area contributed by atoms with Gasteiger partial charge in [0.1, 0.15) is 11.6 Å². The highest BCUT2D eigenvalue weighted by Gasteiger charge is 2.16. The third-order valence-electron chi connectivity index (χ3n) is 5.16. The number of nitrogens with zero attached hydrogens (tertiary/aromatic N) is 2. The van der Waals surface area contributed by atoms with Crippen LogP contribution in [0.3, 0.4) is 0 Å². The van der Waals surface area contributed by atoms with Gasteiger partial charge in [0.15, 0.2) is 6.10 Å². The van der Waals surface area contributed by atoms with Crippen LogP contribution in [-0.4, -0.2) is 43.3 Å². The first-order valence-electron chi connectivity index (χ1n) is 10.3. The van der Waals surface area contributed by atoms with E-state index >= 15 is 0 Å². The number of benzene rings is 1. The zero-order chi connectivity index (χ0) is 20.8. The molecule has 0 radical (unpaired) electrons. The predicted molar refractivity (Wildman–Crippen MR) is 114 cm³/mol. The van der Waals surface area contributed by atoms with E-state index in [1.54, 1.807) is 6.92 Å². The normalized spacial score (nSPS) is 15.3. The highest BCUT2D eigenvalue weighted by atomic mass is 16.5. The highest BCUT2D eigenvalue weighted by molar-refractivity contribution is 5.80. The number of rotatable bonds is 7. The summed E-state index contributed by atoms with van der Waals surface area (Å²) in [5.74, 6) is 1.98. The fourth-order valence-corrected chi connectivity index (χ4v) is 3.46. The van der Waals surface area contributed by atoms with Crippen molar-refractivity contribution < 1.29 is 14.3 Å². The molecule has 1 aliphatic heterocycles. The van der Waals surface area contributed by atoms with Crippen molar-refractivity contribution in [3.05, 3.63) is 53.2 Å². The maximum Gasteiger partial charge on any atom is 0.261 e. The van der Waals surface area contributed by atoms with Crippen LogP contribution in [-0.2, 0) is 16.1 Å². The molecule has 1 atom stereocenters. The van der Waals surface area contributed by atoms with Crippen molar-refractivity contribution in [3.8, 4) is 5.75 Å². The number of pyridine rings is 1. The molecule has 0 bridgehead atoms. The number of aromatic nitrogens is 1. The molecule has 0 unspecified atom stereocenters. The molecule has 0 aliphatic carbocycles. The van der Waals surface area contributed by atoms with Crippen LogP contribution in [0.1, 0.15) is 43.4 Å². The molecule has 0 spiro atoms. The van der Waals surface area contributed by atoms with Gasteiger partial charge in [-0.25, -0.2) is 4.98 Å². The molecule has 1 amide bonds. The summed E-state index contributed by atoms with van der Waals surface area (Å²) in [6.45, 7) is 11.8. The molecule has 156 valence electrons. The summed E-state index contributed by atoms with van der Waals surface area (Å²) >= 11 is 0. The number of amides is 1. The van der Waals surface area contributed by atoms with Gasteiger partial charge >= 0.3 is 0 Å². The van der Waals surface area contributed by atoms with E-state index in [0.29, 0.717) is 18.2 Å². The molecule has 2 heterocycles. The molecule has 1 N–H and O–H groups in total. The molecule has 0 saturated carbocycles. The Kier molecular flexibility index (Phi) is 7.09. The molecule has 1 fully saturated rings. The van der Waals surface area contributed by atoms with Crippen LogP contribution < -0.4 is 15.0 Å². The van der Waals surface area contributed by atoms with Crippen LogP contribution in [0.25, 0.3) is 0 Å².